The highest BCUT2D eigenvalue weighted by Gasteiger charge is 2.63. The smallest absolute Gasteiger partial charge is 0.432 e. The van der Waals surface area contributed by atoms with Gasteiger partial charge in [0.2, 0.25) is 5.79 Å². The lowest BCUT2D eigenvalue weighted by molar-refractivity contribution is -0.258. The maximum absolute atomic E-state index is 11.9. The molecule has 0 aliphatic heterocycles. The first-order chi connectivity index (χ1) is 13.6. The lowest BCUT2D eigenvalue weighted by Crippen LogP contribution is -2.53. The molecule has 0 unspecified atom stereocenters. The summed E-state index contributed by atoms with van der Waals surface area (Å²) in [5.74, 6) is -0.710. The summed E-state index contributed by atoms with van der Waals surface area (Å²) in [7, 11) is -4.54. The summed E-state index contributed by atoms with van der Waals surface area (Å²) in [5.41, 5.74) is 1.77. The third-order valence-electron chi connectivity index (χ3n) is 7.37. The lowest BCUT2D eigenvalue weighted by Gasteiger charge is -2.52. The van der Waals surface area contributed by atoms with E-state index < -0.39 is 21.6 Å². The summed E-state index contributed by atoms with van der Waals surface area (Å²) < 4.78 is 41.3. The van der Waals surface area contributed by atoms with Crippen LogP contribution >= 0.6 is 22.6 Å². The Morgan fingerprint density at radius 1 is 1.28 bits per heavy atom. The maximum atomic E-state index is 11.9. The highest BCUT2D eigenvalue weighted by atomic mass is 127. The van der Waals surface area contributed by atoms with Crippen molar-refractivity contribution in [1.82, 2.24) is 0 Å². The van der Waals surface area contributed by atoms with Gasteiger partial charge in [0.1, 0.15) is 5.75 Å². The topological polar surface area (TPSA) is 110 Å². The third kappa shape index (κ3) is 3.68. The van der Waals surface area contributed by atoms with Crippen LogP contribution in [0, 0.1) is 17.3 Å². The average molecular weight is 536 g/mol. The molecule has 29 heavy (non-hydrogen) atoms. The van der Waals surface area contributed by atoms with Crippen molar-refractivity contribution in [3.05, 3.63) is 29.3 Å². The standard InChI is InChI=1S/C20H25IO7S/c1-19-8-6-15-14-5-3-13(28-29(24,25)26)10-12(14)2-4-16(15)17(19)7-9-20(19,23)27-18(22)11-21/h3,5,10,15-17,23H,2,4,6-9,11H2,1H3,(H,24,25,26)/t15-,16-,17+,19+,20-/m1/s1. The van der Waals surface area contributed by atoms with Crippen molar-refractivity contribution in [3.8, 4) is 5.75 Å². The molecule has 2 fully saturated rings. The Morgan fingerprint density at radius 2 is 2.03 bits per heavy atom. The fraction of sp³-hybridized carbons (Fsp3) is 0.650. The second-order valence-electron chi connectivity index (χ2n) is 8.67. The number of fused-ring (bicyclic) bond motifs is 5. The Balaban J connectivity index is 1.60. The number of benzene rings is 1. The first-order valence-electron chi connectivity index (χ1n) is 9.86. The van der Waals surface area contributed by atoms with Crippen molar-refractivity contribution in [1.29, 1.82) is 0 Å². The number of esters is 1. The van der Waals surface area contributed by atoms with Gasteiger partial charge in [0.05, 0.1) is 4.43 Å². The number of carbonyl (C=O) groups excluding carboxylic acids is 1. The van der Waals surface area contributed by atoms with E-state index in [0.29, 0.717) is 18.3 Å². The fourth-order valence-corrected chi connectivity index (χ4v) is 6.59. The normalized spacial score (nSPS) is 35.9. The SMILES string of the molecule is C[C@]12CC[C@@H]3c4ccc(OS(=O)(=O)O)cc4CC[C@H]3[C@@H]1CC[C@@]2(O)OC(=O)CI. The number of rotatable bonds is 4. The van der Waals surface area contributed by atoms with Crippen molar-refractivity contribution in [2.75, 3.05) is 4.43 Å². The number of hydrogen-bond donors (Lipinski definition) is 2. The van der Waals surface area contributed by atoms with Gasteiger partial charge in [0, 0.05) is 11.8 Å². The van der Waals surface area contributed by atoms with E-state index in [1.807, 2.05) is 28.7 Å². The quantitative estimate of drug-likeness (QED) is 0.200. The minimum atomic E-state index is -4.54. The number of ether oxygens (including phenoxy) is 1. The predicted octanol–water partition coefficient (Wildman–Crippen LogP) is 3.39. The van der Waals surface area contributed by atoms with Crippen LogP contribution < -0.4 is 4.18 Å². The molecular formula is C20H25IO7S. The summed E-state index contributed by atoms with van der Waals surface area (Å²) in [5, 5.41) is 11.2. The molecule has 0 amide bonds. The summed E-state index contributed by atoms with van der Waals surface area (Å²) in [6, 6.07) is 5.17. The van der Waals surface area contributed by atoms with Gasteiger partial charge >= 0.3 is 16.4 Å². The van der Waals surface area contributed by atoms with Gasteiger partial charge in [-0.05, 0) is 73.1 Å². The molecule has 9 heteroatoms. The summed E-state index contributed by atoms with van der Waals surface area (Å²) in [4.78, 5) is 11.9. The number of hydrogen-bond acceptors (Lipinski definition) is 6. The zero-order valence-corrected chi connectivity index (χ0v) is 19.1. The molecule has 0 heterocycles. The van der Waals surface area contributed by atoms with Crippen LogP contribution in [0.2, 0.25) is 0 Å². The van der Waals surface area contributed by atoms with Crippen molar-refractivity contribution < 1.29 is 31.8 Å². The summed E-state index contributed by atoms with van der Waals surface area (Å²) >= 11 is 1.95. The zero-order chi connectivity index (χ0) is 21.0. The van der Waals surface area contributed by atoms with E-state index in [1.165, 1.54) is 5.56 Å². The highest BCUT2D eigenvalue weighted by Crippen LogP contribution is 2.64. The molecule has 0 radical (unpaired) electrons. The molecule has 1 aromatic rings. The zero-order valence-electron chi connectivity index (χ0n) is 16.1. The second kappa shape index (κ2) is 7.35. The van der Waals surface area contributed by atoms with Gasteiger partial charge in [-0.15, -0.1) is 0 Å². The Bertz CT molecular complexity index is 933. The van der Waals surface area contributed by atoms with Gasteiger partial charge in [-0.1, -0.05) is 35.6 Å². The highest BCUT2D eigenvalue weighted by molar-refractivity contribution is 14.1. The van der Waals surface area contributed by atoms with Crippen LogP contribution in [0.5, 0.6) is 5.75 Å². The van der Waals surface area contributed by atoms with Crippen LogP contribution in [-0.2, 0) is 26.4 Å². The van der Waals surface area contributed by atoms with Gasteiger partial charge in [0.15, 0.2) is 0 Å². The number of aliphatic hydroxyl groups is 1. The van der Waals surface area contributed by atoms with E-state index in [2.05, 4.69) is 11.1 Å². The molecule has 0 aromatic heterocycles. The first-order valence-corrected chi connectivity index (χ1v) is 12.8. The second-order valence-corrected chi connectivity index (χ2v) is 10.5. The lowest BCUT2D eigenvalue weighted by atomic mass is 9.55. The predicted molar refractivity (Wildman–Crippen MR) is 113 cm³/mol. The van der Waals surface area contributed by atoms with Crippen molar-refractivity contribution in [3.63, 3.8) is 0 Å². The number of aryl methyl sites for hydroxylation is 1. The third-order valence-corrected chi connectivity index (χ3v) is 8.39. The molecule has 0 bridgehead atoms. The molecule has 4 rings (SSSR count). The molecule has 7 nitrogen and oxygen atoms in total. The average Bonchev–Trinajstić information content (AvgIpc) is 2.91. The fourth-order valence-electron chi connectivity index (χ4n) is 6.09. The first kappa shape index (κ1) is 21.3. The molecule has 2 saturated carbocycles. The molecule has 160 valence electrons. The van der Waals surface area contributed by atoms with Crippen LogP contribution in [0.3, 0.4) is 0 Å². The molecule has 1 aromatic carbocycles. The Labute approximate surface area is 184 Å². The molecule has 5 atom stereocenters. The Kier molecular flexibility index (Phi) is 5.40. The molecule has 0 saturated heterocycles. The largest absolute Gasteiger partial charge is 0.446 e. The number of carbonyl (C=O) groups is 1. The number of alkyl halides is 1. The molecule has 3 aliphatic rings. The molecule has 0 spiro atoms. The van der Waals surface area contributed by atoms with Crippen molar-refractivity contribution in [2.24, 2.45) is 17.3 Å². The van der Waals surface area contributed by atoms with E-state index in [9.17, 15) is 18.3 Å². The van der Waals surface area contributed by atoms with Crippen molar-refractivity contribution in [2.45, 2.75) is 57.2 Å². The van der Waals surface area contributed by atoms with E-state index in [4.69, 9.17) is 9.29 Å². The number of halogens is 1. The van der Waals surface area contributed by atoms with Gasteiger partial charge < -0.3 is 14.0 Å². The monoisotopic (exact) mass is 536 g/mol. The van der Waals surface area contributed by atoms with Crippen molar-refractivity contribution >= 4 is 39.0 Å². The van der Waals surface area contributed by atoms with Crippen LogP contribution in [0.25, 0.3) is 0 Å². The molecule has 2 N–H and O–H groups in total. The van der Waals surface area contributed by atoms with Gasteiger partial charge in [-0.2, -0.15) is 8.42 Å². The van der Waals surface area contributed by atoms with E-state index in [0.717, 1.165) is 37.7 Å². The van der Waals surface area contributed by atoms with E-state index in [-0.39, 0.29) is 22.1 Å². The van der Waals surface area contributed by atoms with E-state index in [1.54, 1.807) is 12.1 Å². The Morgan fingerprint density at radius 3 is 2.72 bits per heavy atom. The molecular weight excluding hydrogens is 511 g/mol. The van der Waals surface area contributed by atoms with Gasteiger partial charge in [-0.25, -0.2) is 0 Å². The van der Waals surface area contributed by atoms with Gasteiger partial charge in [-0.3, -0.25) is 9.35 Å². The Hall–Kier alpha value is -0.910. The van der Waals surface area contributed by atoms with Crippen LogP contribution in [0.15, 0.2) is 18.2 Å². The van der Waals surface area contributed by atoms with Crippen LogP contribution in [0.1, 0.15) is 56.1 Å². The minimum absolute atomic E-state index is 0.117. The van der Waals surface area contributed by atoms with Crippen LogP contribution in [-0.4, -0.2) is 34.3 Å². The summed E-state index contributed by atoms with van der Waals surface area (Å²) in [6.45, 7) is 2.06. The van der Waals surface area contributed by atoms with Crippen LogP contribution in [0.4, 0.5) is 0 Å². The maximum Gasteiger partial charge on any atom is 0.446 e. The van der Waals surface area contributed by atoms with E-state index >= 15 is 0 Å². The molecule has 3 aliphatic carbocycles. The van der Waals surface area contributed by atoms with Gasteiger partial charge in [0.25, 0.3) is 0 Å². The minimum Gasteiger partial charge on any atom is -0.432 e. The summed E-state index contributed by atoms with van der Waals surface area (Å²) in [6.07, 6.45) is 4.61.